The summed E-state index contributed by atoms with van der Waals surface area (Å²) < 4.78 is 18.8. The van der Waals surface area contributed by atoms with Crippen molar-refractivity contribution in [3.63, 3.8) is 0 Å². The predicted molar refractivity (Wildman–Crippen MR) is 95.6 cm³/mol. The number of urea groups is 1. The van der Waals surface area contributed by atoms with Crippen LogP contribution < -0.4 is 15.4 Å². The Balaban J connectivity index is 1.54. The lowest BCUT2D eigenvalue weighted by Gasteiger charge is -2.20. The van der Waals surface area contributed by atoms with Gasteiger partial charge < -0.3 is 10.1 Å². The lowest BCUT2D eigenvalue weighted by molar-refractivity contribution is -0.133. The summed E-state index contributed by atoms with van der Waals surface area (Å²) in [5.74, 6) is -0.976. The van der Waals surface area contributed by atoms with Crippen LogP contribution in [0.4, 0.5) is 9.18 Å². The minimum atomic E-state index is -0.929. The first-order valence-corrected chi connectivity index (χ1v) is 8.52. The summed E-state index contributed by atoms with van der Waals surface area (Å²) in [6, 6.07) is 12.4. The molecule has 0 unspecified atom stereocenters. The largest absolute Gasteiger partial charge is 0.426 e. The molecule has 1 fully saturated rings. The molecule has 2 aromatic rings. The molecule has 0 spiro atoms. The Morgan fingerprint density at radius 3 is 2.44 bits per heavy atom. The van der Waals surface area contributed by atoms with Crippen LogP contribution in [0.2, 0.25) is 0 Å². The van der Waals surface area contributed by atoms with Gasteiger partial charge in [-0.15, -0.1) is 0 Å². The average molecular weight is 370 g/mol. The van der Waals surface area contributed by atoms with Crippen LogP contribution >= 0.6 is 0 Å². The van der Waals surface area contributed by atoms with Gasteiger partial charge in [0.25, 0.3) is 5.91 Å². The van der Waals surface area contributed by atoms with Gasteiger partial charge in [-0.25, -0.2) is 9.18 Å². The summed E-state index contributed by atoms with van der Waals surface area (Å²) in [6.45, 7) is 1.67. The Hall–Kier alpha value is -3.22. The number of esters is 1. The fourth-order valence-electron chi connectivity index (χ4n) is 2.84. The topological polar surface area (TPSA) is 84.5 Å². The predicted octanol–water partition coefficient (Wildman–Crippen LogP) is 2.50. The molecule has 3 amide bonds. The van der Waals surface area contributed by atoms with Crippen LogP contribution in [0.25, 0.3) is 0 Å². The number of hydrogen-bond acceptors (Lipinski definition) is 4. The number of benzene rings is 2. The van der Waals surface area contributed by atoms with Crippen molar-refractivity contribution in [2.24, 2.45) is 0 Å². The first-order chi connectivity index (χ1) is 12.9. The molecule has 1 aliphatic heterocycles. The van der Waals surface area contributed by atoms with E-state index in [-0.39, 0.29) is 17.9 Å². The van der Waals surface area contributed by atoms with Crippen molar-refractivity contribution < 1.29 is 23.5 Å². The summed E-state index contributed by atoms with van der Waals surface area (Å²) in [6.07, 6.45) is 0.853. The summed E-state index contributed by atoms with van der Waals surface area (Å²) in [4.78, 5) is 35.0. The van der Waals surface area contributed by atoms with Gasteiger partial charge in [-0.3, -0.25) is 14.9 Å². The highest BCUT2D eigenvalue weighted by molar-refractivity contribution is 6.06. The van der Waals surface area contributed by atoms with Gasteiger partial charge in [-0.05, 0) is 49.1 Å². The Kier molecular flexibility index (Phi) is 5.21. The van der Waals surface area contributed by atoms with Crippen LogP contribution in [0.15, 0.2) is 48.5 Å². The zero-order valence-corrected chi connectivity index (χ0v) is 14.8. The van der Waals surface area contributed by atoms with Gasteiger partial charge >= 0.3 is 12.0 Å². The molecule has 0 aromatic heterocycles. The SMILES string of the molecule is C[C@@]1(CCc2ccc(OC(=O)Cc3ccccc3F)cc2)NC(=O)NC1=O. The summed E-state index contributed by atoms with van der Waals surface area (Å²) in [5.41, 5.74) is 0.283. The van der Waals surface area contributed by atoms with Gasteiger partial charge in [0.15, 0.2) is 0 Å². The zero-order chi connectivity index (χ0) is 19.4. The normalized spacial score (nSPS) is 18.7. The third kappa shape index (κ3) is 4.49. The molecule has 2 N–H and O–H groups in total. The summed E-state index contributed by atoms with van der Waals surface area (Å²) in [7, 11) is 0. The van der Waals surface area contributed by atoms with Crippen molar-refractivity contribution in [1.82, 2.24) is 10.6 Å². The van der Waals surface area contributed by atoms with Gasteiger partial charge in [0.2, 0.25) is 0 Å². The maximum atomic E-state index is 13.6. The number of carbonyl (C=O) groups excluding carboxylic acids is 3. The number of carbonyl (C=O) groups is 3. The van der Waals surface area contributed by atoms with Crippen molar-refractivity contribution in [3.8, 4) is 5.75 Å². The van der Waals surface area contributed by atoms with E-state index < -0.39 is 23.4 Å². The molecule has 3 rings (SSSR count). The van der Waals surface area contributed by atoms with Crippen LogP contribution in [0.1, 0.15) is 24.5 Å². The number of imide groups is 1. The monoisotopic (exact) mass is 370 g/mol. The van der Waals surface area contributed by atoms with Crippen LogP contribution in [0, 0.1) is 5.82 Å². The van der Waals surface area contributed by atoms with Crippen LogP contribution in [-0.4, -0.2) is 23.4 Å². The Morgan fingerprint density at radius 1 is 1.11 bits per heavy atom. The molecular formula is C20H19FN2O4. The number of halogens is 1. The maximum Gasteiger partial charge on any atom is 0.322 e. The first kappa shape index (κ1) is 18.6. The van der Waals surface area contributed by atoms with E-state index in [4.69, 9.17) is 4.74 Å². The highest BCUT2D eigenvalue weighted by atomic mass is 19.1. The molecular weight excluding hydrogens is 351 g/mol. The quantitative estimate of drug-likeness (QED) is 0.465. The van der Waals surface area contributed by atoms with Gasteiger partial charge in [0.1, 0.15) is 17.1 Å². The van der Waals surface area contributed by atoms with Gasteiger partial charge in [-0.2, -0.15) is 0 Å². The molecule has 6 nitrogen and oxygen atoms in total. The van der Waals surface area contributed by atoms with Crippen LogP contribution in [0.3, 0.4) is 0 Å². The van der Waals surface area contributed by atoms with Gasteiger partial charge in [-0.1, -0.05) is 30.3 Å². The van der Waals surface area contributed by atoms with E-state index in [0.29, 0.717) is 18.6 Å². The highest BCUT2D eigenvalue weighted by Crippen LogP contribution is 2.20. The number of aryl methyl sites for hydroxylation is 1. The van der Waals surface area contributed by atoms with E-state index in [2.05, 4.69) is 10.6 Å². The lowest BCUT2D eigenvalue weighted by atomic mass is 9.93. The van der Waals surface area contributed by atoms with E-state index in [1.807, 2.05) is 0 Å². The minimum absolute atomic E-state index is 0.151. The number of ether oxygens (including phenoxy) is 1. The molecule has 0 saturated carbocycles. The maximum absolute atomic E-state index is 13.6. The molecule has 1 aliphatic rings. The van der Waals surface area contributed by atoms with E-state index in [1.165, 1.54) is 12.1 Å². The van der Waals surface area contributed by atoms with Crippen molar-refractivity contribution in [3.05, 3.63) is 65.5 Å². The molecule has 7 heteroatoms. The number of hydrogen-bond donors (Lipinski definition) is 2. The molecule has 27 heavy (non-hydrogen) atoms. The third-order valence-corrected chi connectivity index (χ3v) is 4.48. The second-order valence-electron chi connectivity index (χ2n) is 6.63. The van der Waals surface area contributed by atoms with E-state index >= 15 is 0 Å². The Morgan fingerprint density at radius 2 is 1.81 bits per heavy atom. The van der Waals surface area contributed by atoms with Crippen molar-refractivity contribution in [1.29, 1.82) is 0 Å². The molecule has 1 heterocycles. The summed E-state index contributed by atoms with van der Waals surface area (Å²) >= 11 is 0. The standard InChI is InChI=1S/C20H19FN2O4/c1-20(18(25)22-19(26)23-20)11-10-13-6-8-15(9-7-13)27-17(24)12-14-4-2-3-5-16(14)21/h2-9H,10-12H2,1H3,(H2,22,23,25,26)/t20-/m0/s1. The van der Waals surface area contributed by atoms with Crippen LogP contribution in [-0.2, 0) is 22.4 Å². The van der Waals surface area contributed by atoms with E-state index in [9.17, 15) is 18.8 Å². The van der Waals surface area contributed by atoms with Crippen molar-refractivity contribution >= 4 is 17.9 Å². The van der Waals surface area contributed by atoms with Crippen LogP contribution in [0.5, 0.6) is 5.75 Å². The second-order valence-corrected chi connectivity index (χ2v) is 6.63. The molecule has 0 radical (unpaired) electrons. The molecule has 0 aliphatic carbocycles. The highest BCUT2D eigenvalue weighted by Gasteiger charge is 2.41. The van der Waals surface area contributed by atoms with E-state index in [0.717, 1.165) is 5.56 Å². The number of nitrogens with one attached hydrogen (secondary N) is 2. The van der Waals surface area contributed by atoms with Crippen molar-refractivity contribution in [2.75, 3.05) is 0 Å². The molecule has 1 atom stereocenters. The number of amides is 3. The Bertz CT molecular complexity index is 882. The molecule has 2 aromatic carbocycles. The third-order valence-electron chi connectivity index (χ3n) is 4.48. The van der Waals surface area contributed by atoms with Gasteiger partial charge in [0.05, 0.1) is 6.42 Å². The fourth-order valence-corrected chi connectivity index (χ4v) is 2.84. The fraction of sp³-hybridized carbons (Fsp3) is 0.250. The van der Waals surface area contributed by atoms with Gasteiger partial charge in [0, 0.05) is 0 Å². The Labute approximate surface area is 155 Å². The van der Waals surface area contributed by atoms with E-state index in [1.54, 1.807) is 43.3 Å². The molecule has 0 bridgehead atoms. The minimum Gasteiger partial charge on any atom is -0.426 e. The first-order valence-electron chi connectivity index (χ1n) is 8.52. The average Bonchev–Trinajstić information content (AvgIpc) is 2.88. The summed E-state index contributed by atoms with van der Waals surface area (Å²) in [5, 5.41) is 4.84. The molecule has 1 saturated heterocycles. The molecule has 140 valence electrons. The second kappa shape index (κ2) is 7.57. The van der Waals surface area contributed by atoms with Crippen molar-refractivity contribution in [2.45, 2.75) is 31.7 Å². The number of rotatable bonds is 6. The zero-order valence-electron chi connectivity index (χ0n) is 14.8. The lowest BCUT2D eigenvalue weighted by Crippen LogP contribution is -2.43. The smallest absolute Gasteiger partial charge is 0.322 e.